The first-order chi connectivity index (χ1) is 7.20. The lowest BCUT2D eigenvalue weighted by atomic mass is 10.3. The van der Waals surface area contributed by atoms with Crippen molar-refractivity contribution >= 4 is 23.2 Å². The fraction of sp³-hybridized carbons (Fsp3) is 0.778. The summed E-state index contributed by atoms with van der Waals surface area (Å²) in [5.41, 5.74) is 5.34. The number of nitrogens with two attached hydrogens (primary N) is 1. The van der Waals surface area contributed by atoms with Crippen LogP contribution in [0.15, 0.2) is 0 Å². The quantitative estimate of drug-likeness (QED) is 0.532. The molecule has 1 aliphatic heterocycles. The number of hydrogen-bond acceptors (Lipinski definition) is 3. The number of morpholine rings is 1. The molecule has 0 aromatic carbocycles. The molecule has 1 aliphatic rings. The van der Waals surface area contributed by atoms with Crippen molar-refractivity contribution in [2.24, 2.45) is 5.73 Å². The fourth-order valence-corrected chi connectivity index (χ4v) is 1.48. The van der Waals surface area contributed by atoms with E-state index in [2.05, 4.69) is 5.32 Å². The Morgan fingerprint density at radius 1 is 1.47 bits per heavy atom. The van der Waals surface area contributed by atoms with Crippen LogP contribution in [0.2, 0.25) is 0 Å². The van der Waals surface area contributed by atoms with Gasteiger partial charge in [-0.05, 0) is 12.8 Å². The summed E-state index contributed by atoms with van der Waals surface area (Å²) in [6.07, 6.45) is 1.48. The predicted octanol–water partition coefficient (Wildman–Crippen LogP) is 0.0945. The number of thiocarbonyl (C=S) groups is 1. The molecule has 6 heteroatoms. The van der Waals surface area contributed by atoms with Crippen molar-refractivity contribution in [3.8, 4) is 0 Å². The van der Waals surface area contributed by atoms with E-state index >= 15 is 0 Å². The number of amides is 2. The second-order valence-electron chi connectivity index (χ2n) is 3.40. The second-order valence-corrected chi connectivity index (χ2v) is 3.93. The summed E-state index contributed by atoms with van der Waals surface area (Å²) in [5, 5.41) is 2.82. The molecule has 1 heterocycles. The van der Waals surface area contributed by atoms with Gasteiger partial charge in [-0.3, -0.25) is 0 Å². The van der Waals surface area contributed by atoms with Crippen LogP contribution >= 0.6 is 12.2 Å². The zero-order valence-corrected chi connectivity index (χ0v) is 9.52. The Hall–Kier alpha value is -0.880. The third kappa shape index (κ3) is 4.94. The number of nitrogens with one attached hydrogen (secondary N) is 1. The van der Waals surface area contributed by atoms with Crippen LogP contribution in [0.4, 0.5) is 4.79 Å². The highest BCUT2D eigenvalue weighted by Crippen LogP contribution is 1.97. The largest absolute Gasteiger partial charge is 0.393 e. The van der Waals surface area contributed by atoms with E-state index in [0.717, 1.165) is 6.42 Å². The number of urea groups is 1. The topological polar surface area (TPSA) is 67.6 Å². The Kier molecular flexibility index (Phi) is 5.34. The predicted molar refractivity (Wildman–Crippen MR) is 61.8 cm³/mol. The summed E-state index contributed by atoms with van der Waals surface area (Å²) in [6.45, 7) is 3.20. The van der Waals surface area contributed by atoms with Gasteiger partial charge in [0.15, 0.2) is 0 Å². The van der Waals surface area contributed by atoms with Crippen LogP contribution in [0.3, 0.4) is 0 Å². The molecule has 0 aromatic heterocycles. The van der Waals surface area contributed by atoms with Crippen molar-refractivity contribution in [3.63, 3.8) is 0 Å². The van der Waals surface area contributed by atoms with Crippen molar-refractivity contribution in [1.82, 2.24) is 10.2 Å². The summed E-state index contributed by atoms with van der Waals surface area (Å²) < 4.78 is 5.15. The molecular formula is C9H17N3O2S. The van der Waals surface area contributed by atoms with Gasteiger partial charge in [-0.1, -0.05) is 12.2 Å². The molecule has 0 spiro atoms. The Morgan fingerprint density at radius 3 is 2.73 bits per heavy atom. The van der Waals surface area contributed by atoms with Gasteiger partial charge in [-0.15, -0.1) is 0 Å². The summed E-state index contributed by atoms with van der Waals surface area (Å²) in [7, 11) is 0. The number of hydrogen-bond donors (Lipinski definition) is 2. The van der Waals surface area contributed by atoms with Gasteiger partial charge >= 0.3 is 6.03 Å². The average Bonchev–Trinajstić information content (AvgIpc) is 2.25. The van der Waals surface area contributed by atoms with E-state index in [0.29, 0.717) is 44.3 Å². The van der Waals surface area contributed by atoms with Gasteiger partial charge in [0.2, 0.25) is 0 Å². The maximum Gasteiger partial charge on any atom is 0.317 e. The van der Waals surface area contributed by atoms with E-state index in [4.69, 9.17) is 22.7 Å². The Morgan fingerprint density at radius 2 is 2.13 bits per heavy atom. The Bertz CT molecular complexity index is 229. The molecule has 0 saturated carbocycles. The maximum absolute atomic E-state index is 11.5. The molecule has 1 saturated heterocycles. The van der Waals surface area contributed by atoms with Crippen LogP contribution in [0.5, 0.6) is 0 Å². The molecular weight excluding hydrogens is 214 g/mol. The smallest absolute Gasteiger partial charge is 0.317 e. The molecule has 0 atom stereocenters. The molecule has 0 aromatic rings. The number of carbonyl (C=O) groups is 1. The van der Waals surface area contributed by atoms with Crippen molar-refractivity contribution in [3.05, 3.63) is 0 Å². The molecule has 0 bridgehead atoms. The van der Waals surface area contributed by atoms with E-state index in [1.54, 1.807) is 4.90 Å². The monoisotopic (exact) mass is 231 g/mol. The van der Waals surface area contributed by atoms with E-state index in [9.17, 15) is 4.79 Å². The molecule has 0 unspecified atom stereocenters. The van der Waals surface area contributed by atoms with Crippen molar-refractivity contribution in [2.75, 3.05) is 32.8 Å². The first-order valence-electron chi connectivity index (χ1n) is 5.09. The van der Waals surface area contributed by atoms with Crippen molar-refractivity contribution in [1.29, 1.82) is 0 Å². The average molecular weight is 231 g/mol. The van der Waals surface area contributed by atoms with Gasteiger partial charge in [0.1, 0.15) is 0 Å². The SMILES string of the molecule is NC(=S)CCCNC(=O)N1CCOCC1. The Labute approximate surface area is 94.9 Å². The third-order valence-corrected chi connectivity index (χ3v) is 2.38. The van der Waals surface area contributed by atoms with Gasteiger partial charge < -0.3 is 20.7 Å². The standard InChI is InChI=1S/C9H17N3O2S/c10-8(15)2-1-3-11-9(13)12-4-6-14-7-5-12/h1-7H2,(H2,10,15)(H,11,13). The maximum atomic E-state index is 11.5. The number of nitrogens with zero attached hydrogens (tertiary/aromatic N) is 1. The van der Waals surface area contributed by atoms with E-state index < -0.39 is 0 Å². The van der Waals surface area contributed by atoms with E-state index in [-0.39, 0.29) is 6.03 Å². The van der Waals surface area contributed by atoms with Crippen molar-refractivity contribution in [2.45, 2.75) is 12.8 Å². The fourth-order valence-electron chi connectivity index (χ4n) is 1.34. The number of carbonyl (C=O) groups excluding carboxylic acids is 1. The molecule has 86 valence electrons. The molecule has 5 nitrogen and oxygen atoms in total. The zero-order valence-electron chi connectivity index (χ0n) is 8.70. The molecule has 2 amide bonds. The highest BCUT2D eigenvalue weighted by molar-refractivity contribution is 7.80. The highest BCUT2D eigenvalue weighted by atomic mass is 32.1. The first kappa shape index (κ1) is 12.2. The molecule has 3 N–H and O–H groups in total. The lowest BCUT2D eigenvalue weighted by Crippen LogP contribution is -2.46. The molecule has 0 radical (unpaired) electrons. The first-order valence-corrected chi connectivity index (χ1v) is 5.50. The van der Waals surface area contributed by atoms with Crippen LogP contribution in [0, 0.1) is 0 Å². The van der Waals surface area contributed by atoms with Crippen LogP contribution in [0.1, 0.15) is 12.8 Å². The molecule has 15 heavy (non-hydrogen) atoms. The van der Waals surface area contributed by atoms with Crippen molar-refractivity contribution < 1.29 is 9.53 Å². The molecule has 1 rings (SSSR count). The van der Waals surface area contributed by atoms with Crippen LogP contribution < -0.4 is 11.1 Å². The van der Waals surface area contributed by atoms with Crippen LogP contribution in [-0.4, -0.2) is 48.8 Å². The number of rotatable bonds is 4. The van der Waals surface area contributed by atoms with E-state index in [1.807, 2.05) is 0 Å². The minimum Gasteiger partial charge on any atom is -0.393 e. The van der Waals surface area contributed by atoms with Gasteiger partial charge in [-0.2, -0.15) is 0 Å². The second kappa shape index (κ2) is 6.58. The number of ether oxygens (including phenoxy) is 1. The summed E-state index contributed by atoms with van der Waals surface area (Å²) >= 11 is 4.74. The molecule has 0 aliphatic carbocycles. The van der Waals surface area contributed by atoms with Gasteiger partial charge in [-0.25, -0.2) is 4.79 Å². The lowest BCUT2D eigenvalue weighted by molar-refractivity contribution is 0.0532. The summed E-state index contributed by atoms with van der Waals surface area (Å²) in [4.78, 5) is 13.8. The summed E-state index contributed by atoms with van der Waals surface area (Å²) in [5.74, 6) is 0. The Balaban J connectivity index is 2.09. The van der Waals surface area contributed by atoms with Gasteiger partial charge in [0, 0.05) is 19.6 Å². The minimum absolute atomic E-state index is 0.0266. The van der Waals surface area contributed by atoms with Crippen LogP contribution in [0.25, 0.3) is 0 Å². The van der Waals surface area contributed by atoms with E-state index in [1.165, 1.54) is 0 Å². The minimum atomic E-state index is -0.0266. The normalized spacial score (nSPS) is 16.1. The van der Waals surface area contributed by atoms with Crippen LogP contribution in [-0.2, 0) is 4.74 Å². The van der Waals surface area contributed by atoms with Gasteiger partial charge in [0.05, 0.1) is 18.2 Å². The lowest BCUT2D eigenvalue weighted by Gasteiger charge is -2.26. The van der Waals surface area contributed by atoms with Gasteiger partial charge in [0.25, 0.3) is 0 Å². The molecule has 1 fully saturated rings. The third-order valence-electron chi connectivity index (χ3n) is 2.17. The highest BCUT2D eigenvalue weighted by Gasteiger charge is 2.15. The summed E-state index contributed by atoms with van der Waals surface area (Å²) in [6, 6.07) is -0.0266. The zero-order chi connectivity index (χ0) is 11.1.